The molecule has 56 heavy (non-hydrogen) atoms. The molecule has 0 aliphatic carbocycles. The fourth-order valence-electron chi connectivity index (χ4n) is 7.03. The molecular formula is C39H59N11O6. The molecule has 6 atom stereocenters. The summed E-state index contributed by atoms with van der Waals surface area (Å²) in [5, 5.41) is 12.0. The number of amides is 6. The predicted octanol–water partition coefficient (Wildman–Crippen LogP) is 0.250. The lowest BCUT2D eigenvalue weighted by atomic mass is 9.99. The number of para-hydroxylation sites is 1. The van der Waals surface area contributed by atoms with Crippen LogP contribution in [-0.2, 0) is 41.6 Å². The van der Waals surface area contributed by atoms with E-state index in [1.54, 1.807) is 26.2 Å². The van der Waals surface area contributed by atoms with E-state index in [4.69, 9.17) is 17.2 Å². The summed E-state index contributed by atoms with van der Waals surface area (Å²) in [5.74, 6) is -3.82. The summed E-state index contributed by atoms with van der Waals surface area (Å²) in [7, 11) is 0. The van der Waals surface area contributed by atoms with Crippen molar-refractivity contribution in [2.75, 3.05) is 13.1 Å². The summed E-state index contributed by atoms with van der Waals surface area (Å²) >= 11 is 0. The van der Waals surface area contributed by atoms with E-state index in [2.05, 4.69) is 36.2 Å². The number of imidazole rings is 1. The smallest absolute Gasteiger partial charge is 0.243 e. The number of aromatic amines is 2. The first-order valence-electron chi connectivity index (χ1n) is 19.5. The zero-order valence-corrected chi connectivity index (χ0v) is 32.8. The van der Waals surface area contributed by atoms with Gasteiger partial charge in [-0.05, 0) is 62.1 Å². The average molecular weight is 778 g/mol. The number of likely N-dealkylation sites (tertiary alicyclic amines) is 1. The van der Waals surface area contributed by atoms with E-state index in [0.717, 1.165) is 22.9 Å². The van der Waals surface area contributed by atoms with E-state index in [1.165, 1.54) is 11.2 Å². The first-order valence-corrected chi connectivity index (χ1v) is 19.5. The molecule has 0 unspecified atom stereocenters. The molecule has 12 N–H and O–H groups in total. The first kappa shape index (κ1) is 43.4. The second kappa shape index (κ2) is 20.6. The molecule has 17 nitrogen and oxygen atoms in total. The van der Waals surface area contributed by atoms with Gasteiger partial charge in [0.25, 0.3) is 0 Å². The number of unbranched alkanes of at least 4 members (excludes halogenated alkanes) is 1. The van der Waals surface area contributed by atoms with Crippen molar-refractivity contribution >= 4 is 46.3 Å². The van der Waals surface area contributed by atoms with E-state index in [-0.39, 0.29) is 37.0 Å². The number of benzene rings is 1. The number of nitrogens with two attached hydrogens (primary N) is 3. The van der Waals surface area contributed by atoms with Crippen LogP contribution in [-0.4, -0.2) is 105 Å². The van der Waals surface area contributed by atoms with Gasteiger partial charge in [0.15, 0.2) is 0 Å². The Morgan fingerprint density at radius 1 is 0.893 bits per heavy atom. The Morgan fingerprint density at radius 3 is 2.21 bits per heavy atom. The maximum absolute atomic E-state index is 14.3. The van der Waals surface area contributed by atoms with Crippen LogP contribution in [0.2, 0.25) is 0 Å². The van der Waals surface area contributed by atoms with Gasteiger partial charge in [-0.3, -0.25) is 28.8 Å². The van der Waals surface area contributed by atoms with E-state index in [0.29, 0.717) is 44.5 Å². The number of nitrogens with one attached hydrogen (secondary N) is 6. The lowest BCUT2D eigenvalue weighted by molar-refractivity contribution is -0.140. The molecule has 3 aromatic rings. The normalized spacial score (nSPS) is 16.9. The molecule has 0 spiro atoms. The number of nitrogens with zero attached hydrogens (tertiary/aromatic N) is 2. The summed E-state index contributed by atoms with van der Waals surface area (Å²) in [6.45, 7) is 8.15. The number of rotatable bonds is 21. The van der Waals surface area contributed by atoms with Crippen molar-refractivity contribution in [1.82, 2.24) is 41.1 Å². The zero-order chi connectivity index (χ0) is 40.9. The Kier molecular flexibility index (Phi) is 16.0. The minimum absolute atomic E-state index is 0.0300. The highest BCUT2D eigenvalue weighted by Crippen LogP contribution is 2.22. The molecule has 0 saturated carbocycles. The van der Waals surface area contributed by atoms with Gasteiger partial charge in [0.05, 0.1) is 18.1 Å². The van der Waals surface area contributed by atoms with Crippen LogP contribution in [0.15, 0.2) is 43.0 Å². The predicted molar refractivity (Wildman–Crippen MR) is 211 cm³/mol. The molecule has 0 bridgehead atoms. The van der Waals surface area contributed by atoms with Gasteiger partial charge in [-0.25, -0.2) is 4.98 Å². The van der Waals surface area contributed by atoms with Gasteiger partial charge in [-0.1, -0.05) is 52.3 Å². The molecule has 306 valence electrons. The molecule has 4 rings (SSSR count). The summed E-state index contributed by atoms with van der Waals surface area (Å²) < 4.78 is 0. The standard InChI is InChI=1S/C39H59N11O6/c1-22(2)16-29(48-38(55)32-13-9-15-50(32)39(56)27(41)11-7-8-14-40)35(52)46-30(17-24-19-44-28-12-6-5-10-26(24)28)36(53)47-31(18-25-20-43-21-45-25)37(54)49-33(23(3)4)34(42)51/h5-6,10,12,19-23,27,29-33,44H,7-9,11,13-18,40-41H2,1-4H3,(H2,42,51)(H,43,45)(H,46,52)(H,47,53)(H,48,55)(H,49,54)/t27-,29-,30-,31-,32-,33-/m0/s1. The Labute approximate surface area is 327 Å². The summed E-state index contributed by atoms with van der Waals surface area (Å²) in [6, 6.07) is 1.48. The van der Waals surface area contributed by atoms with Gasteiger partial charge < -0.3 is 53.3 Å². The third-order valence-corrected chi connectivity index (χ3v) is 10.1. The molecule has 1 aromatic carbocycles. The second-order valence-electron chi connectivity index (χ2n) is 15.4. The first-order chi connectivity index (χ1) is 26.7. The highest BCUT2D eigenvalue weighted by atomic mass is 16.2. The molecule has 1 fully saturated rings. The maximum atomic E-state index is 14.3. The zero-order valence-electron chi connectivity index (χ0n) is 32.8. The minimum atomic E-state index is -1.21. The van der Waals surface area contributed by atoms with Gasteiger partial charge in [0, 0.05) is 42.7 Å². The number of fused-ring (bicyclic) bond motifs is 1. The third-order valence-electron chi connectivity index (χ3n) is 10.1. The van der Waals surface area contributed by atoms with E-state index in [9.17, 15) is 28.8 Å². The van der Waals surface area contributed by atoms with Crippen molar-refractivity contribution in [2.24, 2.45) is 29.0 Å². The second-order valence-corrected chi connectivity index (χ2v) is 15.4. The number of H-pyrrole nitrogens is 2. The van der Waals surface area contributed by atoms with Gasteiger partial charge >= 0.3 is 0 Å². The summed E-state index contributed by atoms with van der Waals surface area (Å²) in [6.07, 6.45) is 7.93. The fraction of sp³-hybridized carbons (Fsp3) is 0.564. The van der Waals surface area contributed by atoms with Gasteiger partial charge in [-0.15, -0.1) is 0 Å². The van der Waals surface area contributed by atoms with E-state index < -0.39 is 65.8 Å². The Morgan fingerprint density at radius 2 is 1.57 bits per heavy atom. The fourth-order valence-corrected chi connectivity index (χ4v) is 7.03. The lowest BCUT2D eigenvalue weighted by Crippen LogP contribution is -2.60. The van der Waals surface area contributed by atoms with Crippen LogP contribution in [0.3, 0.4) is 0 Å². The van der Waals surface area contributed by atoms with Crippen molar-refractivity contribution in [1.29, 1.82) is 0 Å². The summed E-state index contributed by atoms with van der Waals surface area (Å²) in [4.78, 5) is 93.2. The van der Waals surface area contributed by atoms with Gasteiger partial charge in [0.2, 0.25) is 35.4 Å². The van der Waals surface area contributed by atoms with Crippen LogP contribution in [0.1, 0.15) is 77.5 Å². The van der Waals surface area contributed by atoms with Crippen LogP contribution in [0.25, 0.3) is 10.9 Å². The number of carbonyl (C=O) groups excluding carboxylic acids is 6. The Balaban J connectivity index is 1.59. The average Bonchev–Trinajstić information content (AvgIpc) is 3.94. The van der Waals surface area contributed by atoms with Crippen LogP contribution in [0.4, 0.5) is 0 Å². The minimum Gasteiger partial charge on any atom is -0.368 e. The van der Waals surface area contributed by atoms with Crippen molar-refractivity contribution in [3.63, 3.8) is 0 Å². The van der Waals surface area contributed by atoms with Crippen LogP contribution in [0, 0.1) is 11.8 Å². The quantitative estimate of drug-likeness (QED) is 0.0670. The monoisotopic (exact) mass is 777 g/mol. The highest BCUT2D eigenvalue weighted by Gasteiger charge is 2.38. The molecule has 17 heteroatoms. The Bertz CT molecular complexity index is 1790. The Hall–Kier alpha value is -5.29. The van der Waals surface area contributed by atoms with Crippen molar-refractivity contribution < 1.29 is 28.8 Å². The number of hydrogen-bond donors (Lipinski definition) is 9. The number of primary amides is 1. The molecule has 1 saturated heterocycles. The number of hydrogen-bond acceptors (Lipinski definition) is 9. The van der Waals surface area contributed by atoms with Crippen molar-refractivity contribution in [3.8, 4) is 0 Å². The van der Waals surface area contributed by atoms with Crippen LogP contribution in [0.5, 0.6) is 0 Å². The topological polar surface area (TPSA) is 276 Å². The highest BCUT2D eigenvalue weighted by molar-refractivity contribution is 5.97. The molecule has 2 aromatic heterocycles. The molecule has 1 aliphatic rings. The van der Waals surface area contributed by atoms with Crippen LogP contribution < -0.4 is 38.5 Å². The molecule has 3 heterocycles. The van der Waals surface area contributed by atoms with E-state index in [1.807, 2.05) is 38.1 Å². The van der Waals surface area contributed by atoms with E-state index >= 15 is 0 Å². The van der Waals surface area contributed by atoms with Crippen molar-refractivity contribution in [2.45, 2.75) is 115 Å². The van der Waals surface area contributed by atoms with Crippen LogP contribution >= 0.6 is 0 Å². The molecule has 0 radical (unpaired) electrons. The molecule has 6 amide bonds. The third kappa shape index (κ3) is 11.9. The lowest BCUT2D eigenvalue weighted by Gasteiger charge is -2.30. The molecule has 1 aliphatic heterocycles. The maximum Gasteiger partial charge on any atom is 0.243 e. The summed E-state index contributed by atoms with van der Waals surface area (Å²) in [5.41, 5.74) is 19.4. The molecular weight excluding hydrogens is 718 g/mol. The van der Waals surface area contributed by atoms with Crippen molar-refractivity contribution in [3.05, 3.63) is 54.2 Å². The van der Waals surface area contributed by atoms with Gasteiger partial charge in [-0.2, -0.15) is 0 Å². The largest absolute Gasteiger partial charge is 0.368 e. The number of carbonyl (C=O) groups is 6. The number of aromatic nitrogens is 3. The van der Waals surface area contributed by atoms with Gasteiger partial charge in [0.1, 0.15) is 30.2 Å². The SMILES string of the molecule is CC(C)C[C@H](NC(=O)[C@@H]1CCCN1C(=O)[C@@H](N)CCCCN)C(=O)N[C@@H](Cc1c[nH]c2ccccc12)C(=O)N[C@@H](Cc1c[nH]cn1)C(=O)N[C@H](C(N)=O)C(C)C.